The highest BCUT2D eigenvalue weighted by molar-refractivity contribution is 6.04. The third kappa shape index (κ3) is 3.08. The molecule has 23 heavy (non-hydrogen) atoms. The molecule has 1 aliphatic heterocycles. The number of aromatic nitrogens is 1. The lowest BCUT2D eigenvalue weighted by atomic mass is 10.2. The SMILES string of the molecule is CCCC1NC(=O)N(Cc2coc(-c3cccc(F)c3)n2)C1=O. The van der Waals surface area contributed by atoms with Crippen LogP contribution in [-0.2, 0) is 11.3 Å². The maximum atomic E-state index is 13.2. The fourth-order valence-corrected chi connectivity index (χ4v) is 2.51. The highest BCUT2D eigenvalue weighted by atomic mass is 19.1. The van der Waals surface area contributed by atoms with Gasteiger partial charge in [0.1, 0.15) is 18.1 Å². The van der Waals surface area contributed by atoms with Crippen LogP contribution in [0.3, 0.4) is 0 Å². The molecule has 1 saturated heterocycles. The van der Waals surface area contributed by atoms with E-state index in [1.54, 1.807) is 12.1 Å². The molecule has 0 saturated carbocycles. The predicted octanol–water partition coefficient (Wildman–Crippen LogP) is 2.70. The van der Waals surface area contributed by atoms with Gasteiger partial charge in [-0.15, -0.1) is 0 Å². The maximum Gasteiger partial charge on any atom is 0.325 e. The average molecular weight is 317 g/mol. The lowest BCUT2D eigenvalue weighted by Crippen LogP contribution is -2.31. The topological polar surface area (TPSA) is 75.4 Å². The van der Waals surface area contributed by atoms with Crippen molar-refractivity contribution in [2.24, 2.45) is 0 Å². The number of hydrogen-bond acceptors (Lipinski definition) is 4. The summed E-state index contributed by atoms with van der Waals surface area (Å²) < 4.78 is 18.5. The van der Waals surface area contributed by atoms with Gasteiger partial charge in [0.2, 0.25) is 5.89 Å². The summed E-state index contributed by atoms with van der Waals surface area (Å²) in [4.78, 5) is 29.4. The van der Waals surface area contributed by atoms with E-state index in [0.29, 0.717) is 17.7 Å². The van der Waals surface area contributed by atoms with Gasteiger partial charge in [0.05, 0.1) is 12.2 Å². The molecule has 0 radical (unpaired) electrons. The number of imide groups is 1. The molecule has 1 atom stereocenters. The molecule has 0 spiro atoms. The molecular weight excluding hydrogens is 301 g/mol. The van der Waals surface area contributed by atoms with Gasteiger partial charge in [-0.3, -0.25) is 9.69 Å². The van der Waals surface area contributed by atoms with Gasteiger partial charge in [-0.1, -0.05) is 19.4 Å². The number of nitrogens with one attached hydrogen (secondary N) is 1. The molecule has 1 aliphatic rings. The van der Waals surface area contributed by atoms with E-state index in [2.05, 4.69) is 10.3 Å². The minimum absolute atomic E-state index is 0.0314. The third-order valence-electron chi connectivity index (χ3n) is 3.63. The molecule has 0 bridgehead atoms. The van der Waals surface area contributed by atoms with Crippen LogP contribution < -0.4 is 5.32 Å². The second kappa shape index (κ2) is 6.20. The van der Waals surface area contributed by atoms with Crippen LogP contribution in [0.5, 0.6) is 0 Å². The number of amides is 3. The van der Waals surface area contributed by atoms with Crippen LogP contribution in [0, 0.1) is 5.82 Å². The van der Waals surface area contributed by atoms with Crippen LogP contribution >= 0.6 is 0 Å². The zero-order chi connectivity index (χ0) is 16.4. The number of oxazole rings is 1. The lowest BCUT2D eigenvalue weighted by molar-refractivity contribution is -0.128. The highest BCUT2D eigenvalue weighted by Gasteiger charge is 2.37. The summed E-state index contributed by atoms with van der Waals surface area (Å²) in [5.74, 6) is -0.400. The number of urea groups is 1. The zero-order valence-electron chi connectivity index (χ0n) is 12.6. The Labute approximate surface area is 132 Å². The number of nitrogens with zero attached hydrogens (tertiary/aromatic N) is 2. The van der Waals surface area contributed by atoms with Crippen molar-refractivity contribution in [3.63, 3.8) is 0 Å². The van der Waals surface area contributed by atoms with Crippen LogP contribution in [0.2, 0.25) is 0 Å². The van der Waals surface area contributed by atoms with E-state index in [0.717, 1.165) is 11.3 Å². The van der Waals surface area contributed by atoms with E-state index in [1.807, 2.05) is 6.92 Å². The van der Waals surface area contributed by atoms with Gasteiger partial charge in [0.15, 0.2) is 0 Å². The summed E-state index contributed by atoms with van der Waals surface area (Å²) in [6.07, 6.45) is 2.78. The number of halogens is 1. The number of carbonyl (C=O) groups excluding carboxylic acids is 2. The van der Waals surface area contributed by atoms with E-state index in [4.69, 9.17) is 4.42 Å². The fourth-order valence-electron chi connectivity index (χ4n) is 2.51. The van der Waals surface area contributed by atoms with Gasteiger partial charge >= 0.3 is 6.03 Å². The Bertz CT molecular complexity index is 744. The summed E-state index contributed by atoms with van der Waals surface area (Å²) in [6, 6.07) is 4.96. The van der Waals surface area contributed by atoms with Crippen molar-refractivity contribution in [1.29, 1.82) is 0 Å². The molecule has 1 unspecified atom stereocenters. The Morgan fingerprint density at radius 2 is 2.22 bits per heavy atom. The quantitative estimate of drug-likeness (QED) is 0.860. The molecule has 2 aromatic rings. The van der Waals surface area contributed by atoms with Gasteiger partial charge in [0.25, 0.3) is 5.91 Å². The smallest absolute Gasteiger partial charge is 0.325 e. The molecule has 2 heterocycles. The largest absolute Gasteiger partial charge is 0.444 e. The second-order valence-electron chi connectivity index (χ2n) is 5.37. The first-order valence-corrected chi connectivity index (χ1v) is 7.40. The summed E-state index contributed by atoms with van der Waals surface area (Å²) >= 11 is 0. The Morgan fingerprint density at radius 1 is 1.39 bits per heavy atom. The van der Waals surface area contributed by atoms with E-state index < -0.39 is 17.9 Å². The normalized spacial score (nSPS) is 17.7. The molecule has 3 rings (SSSR count). The van der Waals surface area contributed by atoms with E-state index >= 15 is 0 Å². The van der Waals surface area contributed by atoms with Crippen molar-refractivity contribution in [2.45, 2.75) is 32.4 Å². The van der Waals surface area contributed by atoms with Gasteiger partial charge < -0.3 is 9.73 Å². The lowest BCUT2D eigenvalue weighted by Gasteiger charge is -2.10. The molecule has 6 nitrogen and oxygen atoms in total. The zero-order valence-corrected chi connectivity index (χ0v) is 12.6. The first-order chi connectivity index (χ1) is 11.1. The first-order valence-electron chi connectivity index (χ1n) is 7.40. The monoisotopic (exact) mass is 317 g/mol. The first kappa shape index (κ1) is 15.2. The Hall–Kier alpha value is -2.70. The van der Waals surface area contributed by atoms with Crippen LogP contribution in [0.4, 0.5) is 9.18 Å². The van der Waals surface area contributed by atoms with Gasteiger partial charge in [-0.05, 0) is 24.6 Å². The second-order valence-corrected chi connectivity index (χ2v) is 5.37. The molecule has 120 valence electrons. The summed E-state index contributed by atoms with van der Waals surface area (Å²) in [7, 11) is 0. The predicted molar refractivity (Wildman–Crippen MR) is 79.7 cm³/mol. The minimum atomic E-state index is -0.470. The van der Waals surface area contributed by atoms with E-state index in [-0.39, 0.29) is 18.3 Å². The number of hydrogen-bond donors (Lipinski definition) is 1. The van der Waals surface area contributed by atoms with Crippen LogP contribution in [0.25, 0.3) is 11.5 Å². The van der Waals surface area contributed by atoms with Crippen LogP contribution in [0.1, 0.15) is 25.5 Å². The number of rotatable bonds is 5. The molecular formula is C16H16FN3O3. The third-order valence-corrected chi connectivity index (χ3v) is 3.63. The van der Waals surface area contributed by atoms with E-state index in [9.17, 15) is 14.0 Å². The summed E-state index contributed by atoms with van der Waals surface area (Å²) in [6.45, 7) is 1.98. The van der Waals surface area contributed by atoms with Gasteiger partial charge in [-0.2, -0.15) is 0 Å². The van der Waals surface area contributed by atoms with Crippen molar-refractivity contribution in [2.75, 3.05) is 0 Å². The van der Waals surface area contributed by atoms with Gasteiger partial charge in [0, 0.05) is 5.56 Å². The number of carbonyl (C=O) groups is 2. The molecule has 1 aromatic carbocycles. The molecule has 7 heteroatoms. The summed E-state index contributed by atoms with van der Waals surface area (Å²) in [5.41, 5.74) is 0.933. The Kier molecular flexibility index (Phi) is 4.10. The van der Waals surface area contributed by atoms with Crippen molar-refractivity contribution < 1.29 is 18.4 Å². The Balaban J connectivity index is 1.74. The Morgan fingerprint density at radius 3 is 2.96 bits per heavy atom. The highest BCUT2D eigenvalue weighted by Crippen LogP contribution is 2.21. The molecule has 3 amide bonds. The summed E-state index contributed by atoms with van der Waals surface area (Å²) in [5, 5.41) is 2.65. The van der Waals surface area contributed by atoms with Crippen molar-refractivity contribution >= 4 is 11.9 Å². The van der Waals surface area contributed by atoms with Crippen molar-refractivity contribution in [3.05, 3.63) is 42.0 Å². The fraction of sp³-hybridized carbons (Fsp3) is 0.312. The van der Waals surface area contributed by atoms with Crippen LogP contribution in [-0.4, -0.2) is 27.9 Å². The molecule has 1 N–H and O–H groups in total. The van der Waals surface area contributed by atoms with Crippen molar-refractivity contribution in [3.8, 4) is 11.5 Å². The average Bonchev–Trinajstić information content (AvgIpc) is 3.09. The molecule has 1 fully saturated rings. The molecule has 1 aromatic heterocycles. The molecule has 0 aliphatic carbocycles. The van der Waals surface area contributed by atoms with E-state index in [1.165, 1.54) is 18.4 Å². The van der Waals surface area contributed by atoms with Crippen molar-refractivity contribution in [1.82, 2.24) is 15.2 Å². The van der Waals surface area contributed by atoms with Crippen LogP contribution in [0.15, 0.2) is 34.9 Å². The standard InChI is InChI=1S/C16H16FN3O3/c1-2-4-13-15(21)20(16(22)19-13)8-12-9-23-14(18-12)10-5-3-6-11(17)7-10/h3,5-7,9,13H,2,4,8H2,1H3,(H,19,22). The minimum Gasteiger partial charge on any atom is -0.444 e. The van der Waals surface area contributed by atoms with Gasteiger partial charge in [-0.25, -0.2) is 14.2 Å². The maximum absolute atomic E-state index is 13.2. The number of benzene rings is 1.